The number of ether oxygens (including phenoxy) is 1. The van der Waals surface area contributed by atoms with Crippen LogP contribution in [0.15, 0.2) is 16.8 Å². The largest absolute Gasteiger partial charge is 0.378 e. The van der Waals surface area contributed by atoms with Gasteiger partial charge in [-0.25, -0.2) is 4.98 Å². The van der Waals surface area contributed by atoms with Gasteiger partial charge in [-0.05, 0) is 18.0 Å². The first-order valence-electron chi connectivity index (χ1n) is 5.56. The number of hydrogen-bond donors (Lipinski definition) is 1. The third-order valence-corrected chi connectivity index (χ3v) is 4.19. The van der Waals surface area contributed by atoms with E-state index in [9.17, 15) is 0 Å². The zero-order valence-corrected chi connectivity index (χ0v) is 11.7. The van der Waals surface area contributed by atoms with Crippen LogP contribution in [0.1, 0.15) is 17.5 Å². The van der Waals surface area contributed by atoms with Crippen LogP contribution >= 0.6 is 22.7 Å². The number of aromatic nitrogens is 1. The van der Waals surface area contributed by atoms with Crippen molar-refractivity contribution in [2.75, 3.05) is 13.7 Å². The summed E-state index contributed by atoms with van der Waals surface area (Å²) in [7, 11) is 1.71. The molecule has 0 radical (unpaired) electrons. The van der Waals surface area contributed by atoms with Gasteiger partial charge in [-0.15, -0.1) is 11.3 Å². The number of nitrogens with zero attached hydrogens (tertiary/aromatic N) is 1. The second-order valence-electron chi connectivity index (χ2n) is 3.61. The Morgan fingerprint density at radius 3 is 3.00 bits per heavy atom. The first-order valence-corrected chi connectivity index (χ1v) is 7.32. The van der Waals surface area contributed by atoms with Crippen LogP contribution in [0.4, 0.5) is 0 Å². The maximum absolute atomic E-state index is 5.20. The average Bonchev–Trinajstić information content (AvgIpc) is 2.95. The van der Waals surface area contributed by atoms with E-state index in [1.54, 1.807) is 29.8 Å². The highest BCUT2D eigenvalue weighted by atomic mass is 32.1. The molecule has 2 heterocycles. The standard InChI is InChI=1S/C12H16N2OS2/c1-3-13-6-11-10(7-15-2)14-12(17-11)9-4-5-16-8-9/h4-5,8,13H,3,6-7H2,1-2H3. The summed E-state index contributed by atoms with van der Waals surface area (Å²) < 4.78 is 5.20. The minimum atomic E-state index is 0.585. The van der Waals surface area contributed by atoms with E-state index in [1.807, 2.05) is 0 Å². The average molecular weight is 268 g/mol. The quantitative estimate of drug-likeness (QED) is 0.874. The van der Waals surface area contributed by atoms with E-state index >= 15 is 0 Å². The molecule has 2 aromatic heterocycles. The molecule has 0 aliphatic carbocycles. The van der Waals surface area contributed by atoms with Gasteiger partial charge in [0.15, 0.2) is 0 Å². The molecular formula is C12H16N2OS2. The predicted molar refractivity (Wildman–Crippen MR) is 73.5 cm³/mol. The van der Waals surface area contributed by atoms with Gasteiger partial charge in [-0.1, -0.05) is 6.92 Å². The number of hydrogen-bond acceptors (Lipinski definition) is 5. The molecule has 3 nitrogen and oxygen atoms in total. The number of rotatable bonds is 6. The lowest BCUT2D eigenvalue weighted by atomic mass is 10.3. The minimum Gasteiger partial charge on any atom is -0.378 e. The Bertz CT molecular complexity index is 451. The second-order valence-corrected chi connectivity index (χ2v) is 5.48. The van der Waals surface area contributed by atoms with Crippen molar-refractivity contribution < 1.29 is 4.74 Å². The maximum atomic E-state index is 5.20. The second kappa shape index (κ2) is 6.26. The van der Waals surface area contributed by atoms with Crippen LogP contribution in [-0.4, -0.2) is 18.6 Å². The highest BCUT2D eigenvalue weighted by molar-refractivity contribution is 7.15. The summed E-state index contributed by atoms with van der Waals surface area (Å²) in [4.78, 5) is 5.93. The van der Waals surface area contributed by atoms with E-state index in [0.29, 0.717) is 6.61 Å². The molecular weight excluding hydrogens is 252 g/mol. The molecule has 92 valence electrons. The van der Waals surface area contributed by atoms with E-state index in [1.165, 1.54) is 10.4 Å². The van der Waals surface area contributed by atoms with Gasteiger partial charge in [0.1, 0.15) is 5.01 Å². The highest BCUT2D eigenvalue weighted by Crippen LogP contribution is 2.29. The molecule has 0 amide bonds. The molecule has 0 aliphatic heterocycles. The van der Waals surface area contributed by atoms with Crippen molar-refractivity contribution in [3.8, 4) is 10.6 Å². The lowest BCUT2D eigenvalue weighted by Gasteiger charge is -2.00. The predicted octanol–water partition coefficient (Wildman–Crippen LogP) is 3.13. The van der Waals surface area contributed by atoms with E-state index < -0.39 is 0 Å². The SMILES string of the molecule is CCNCc1sc(-c2ccsc2)nc1COC. The Labute approximate surface area is 109 Å². The molecule has 0 spiro atoms. The molecule has 0 aromatic carbocycles. The van der Waals surface area contributed by atoms with E-state index in [0.717, 1.165) is 23.8 Å². The van der Waals surface area contributed by atoms with Gasteiger partial charge < -0.3 is 10.1 Å². The third kappa shape index (κ3) is 3.13. The normalized spacial score (nSPS) is 10.9. The topological polar surface area (TPSA) is 34.2 Å². The number of nitrogens with one attached hydrogen (secondary N) is 1. The minimum absolute atomic E-state index is 0.585. The summed E-state index contributed by atoms with van der Waals surface area (Å²) in [6, 6.07) is 2.11. The number of thiophene rings is 1. The molecule has 17 heavy (non-hydrogen) atoms. The molecule has 0 fully saturated rings. The fourth-order valence-electron chi connectivity index (χ4n) is 1.52. The summed E-state index contributed by atoms with van der Waals surface area (Å²) in [5.41, 5.74) is 2.26. The van der Waals surface area contributed by atoms with Gasteiger partial charge >= 0.3 is 0 Å². The van der Waals surface area contributed by atoms with Crippen molar-refractivity contribution in [3.63, 3.8) is 0 Å². The Balaban J connectivity index is 2.24. The van der Waals surface area contributed by atoms with Crippen LogP contribution in [0.2, 0.25) is 0 Å². The van der Waals surface area contributed by atoms with Crippen molar-refractivity contribution in [2.24, 2.45) is 0 Å². The van der Waals surface area contributed by atoms with Crippen molar-refractivity contribution in [2.45, 2.75) is 20.1 Å². The van der Waals surface area contributed by atoms with Gasteiger partial charge in [0.05, 0.1) is 12.3 Å². The first-order chi connectivity index (χ1) is 8.35. The monoisotopic (exact) mass is 268 g/mol. The van der Waals surface area contributed by atoms with Crippen LogP contribution in [0.25, 0.3) is 10.6 Å². The van der Waals surface area contributed by atoms with Gasteiger partial charge in [0.25, 0.3) is 0 Å². The Hall–Kier alpha value is -0.750. The summed E-state index contributed by atoms with van der Waals surface area (Å²) in [6.45, 7) is 4.54. The first kappa shape index (κ1) is 12.7. The van der Waals surface area contributed by atoms with Crippen molar-refractivity contribution >= 4 is 22.7 Å². The fourth-order valence-corrected chi connectivity index (χ4v) is 3.26. The van der Waals surface area contributed by atoms with Crippen LogP contribution in [0, 0.1) is 0 Å². The molecule has 2 aromatic rings. The molecule has 1 N–H and O–H groups in total. The van der Waals surface area contributed by atoms with E-state index in [-0.39, 0.29) is 0 Å². The summed E-state index contributed by atoms with van der Waals surface area (Å²) >= 11 is 3.45. The summed E-state index contributed by atoms with van der Waals surface area (Å²) in [5, 5.41) is 8.64. The zero-order chi connectivity index (χ0) is 12.1. The molecule has 0 unspecified atom stereocenters. The smallest absolute Gasteiger partial charge is 0.124 e. The molecule has 0 saturated heterocycles. The van der Waals surface area contributed by atoms with Gasteiger partial charge in [0.2, 0.25) is 0 Å². The Kier molecular flexibility index (Phi) is 4.67. The van der Waals surface area contributed by atoms with Crippen LogP contribution < -0.4 is 5.32 Å². The molecule has 5 heteroatoms. The van der Waals surface area contributed by atoms with Crippen molar-refractivity contribution in [1.29, 1.82) is 0 Å². The van der Waals surface area contributed by atoms with Crippen LogP contribution in [-0.2, 0) is 17.9 Å². The molecule has 0 aliphatic rings. The summed E-state index contributed by atoms with van der Waals surface area (Å²) in [5.74, 6) is 0. The fraction of sp³-hybridized carbons (Fsp3) is 0.417. The van der Waals surface area contributed by atoms with E-state index in [4.69, 9.17) is 4.74 Å². The Morgan fingerprint density at radius 1 is 1.47 bits per heavy atom. The molecule has 0 saturated carbocycles. The van der Waals surface area contributed by atoms with Crippen LogP contribution in [0.3, 0.4) is 0 Å². The van der Waals surface area contributed by atoms with Gasteiger partial charge in [0, 0.05) is 29.5 Å². The molecule has 0 atom stereocenters. The number of thiazole rings is 1. The number of methoxy groups -OCH3 is 1. The van der Waals surface area contributed by atoms with Gasteiger partial charge in [-0.3, -0.25) is 0 Å². The van der Waals surface area contributed by atoms with Gasteiger partial charge in [-0.2, -0.15) is 11.3 Å². The summed E-state index contributed by atoms with van der Waals surface area (Å²) in [6.07, 6.45) is 0. The lowest BCUT2D eigenvalue weighted by Crippen LogP contribution is -2.12. The molecule has 2 rings (SSSR count). The van der Waals surface area contributed by atoms with Crippen LogP contribution in [0.5, 0.6) is 0 Å². The third-order valence-electron chi connectivity index (χ3n) is 2.36. The Morgan fingerprint density at radius 2 is 2.35 bits per heavy atom. The van der Waals surface area contributed by atoms with E-state index in [2.05, 4.69) is 34.1 Å². The highest BCUT2D eigenvalue weighted by Gasteiger charge is 2.12. The zero-order valence-electron chi connectivity index (χ0n) is 10.0. The van der Waals surface area contributed by atoms with Crippen molar-refractivity contribution in [1.82, 2.24) is 10.3 Å². The molecule has 0 bridgehead atoms. The lowest BCUT2D eigenvalue weighted by molar-refractivity contribution is 0.181. The van der Waals surface area contributed by atoms with Crippen molar-refractivity contribution in [3.05, 3.63) is 27.4 Å². The maximum Gasteiger partial charge on any atom is 0.124 e.